The van der Waals surface area contributed by atoms with Gasteiger partial charge in [0.2, 0.25) is 5.91 Å². The number of carbonyl (C=O) groups is 1. The van der Waals surface area contributed by atoms with Crippen molar-refractivity contribution in [2.75, 3.05) is 11.9 Å². The van der Waals surface area contributed by atoms with Crippen LogP contribution in [0.4, 0.5) is 5.69 Å². The molecule has 0 spiro atoms. The highest BCUT2D eigenvalue weighted by atomic mass is 16.3. The van der Waals surface area contributed by atoms with Gasteiger partial charge in [-0.15, -0.1) is 0 Å². The summed E-state index contributed by atoms with van der Waals surface area (Å²) in [5, 5.41) is 23.4. The van der Waals surface area contributed by atoms with Gasteiger partial charge in [-0.1, -0.05) is 42.5 Å². The van der Waals surface area contributed by atoms with E-state index in [0.717, 1.165) is 42.3 Å². The molecule has 0 bridgehead atoms. The Hall–Kier alpha value is -4.01. The minimum absolute atomic E-state index is 0.244. The fourth-order valence-corrected chi connectivity index (χ4v) is 5.57. The Morgan fingerprint density at radius 3 is 2.31 bits per heavy atom. The van der Waals surface area contributed by atoms with Gasteiger partial charge in [0.05, 0.1) is 29.7 Å². The van der Waals surface area contributed by atoms with Crippen molar-refractivity contribution in [1.29, 1.82) is 5.26 Å². The largest absolute Gasteiger partial charge is 0.395 e. The first-order valence-corrected chi connectivity index (χ1v) is 12.5. The molecule has 5 rings (SSSR count). The van der Waals surface area contributed by atoms with Gasteiger partial charge in [0.15, 0.2) is 0 Å². The van der Waals surface area contributed by atoms with Crippen LogP contribution < -0.4 is 5.32 Å². The van der Waals surface area contributed by atoms with Gasteiger partial charge in [0, 0.05) is 17.3 Å². The second-order valence-electron chi connectivity index (χ2n) is 9.51. The van der Waals surface area contributed by atoms with Crippen molar-refractivity contribution in [3.05, 3.63) is 107 Å². The average molecular weight is 476 g/mol. The highest BCUT2D eigenvalue weighted by Gasteiger charge is 2.29. The maximum absolute atomic E-state index is 13.2. The number of aliphatic hydroxyl groups excluding tert-OH is 1. The number of amides is 1. The molecule has 1 aliphatic carbocycles. The third-order valence-electron chi connectivity index (χ3n) is 7.44. The first-order chi connectivity index (χ1) is 17.7. The summed E-state index contributed by atoms with van der Waals surface area (Å²) in [5.41, 5.74) is 5.62. The molecule has 0 saturated heterocycles. The van der Waals surface area contributed by atoms with Crippen LogP contribution in [0.15, 0.2) is 85.1 Å². The molecule has 5 heteroatoms. The second-order valence-corrected chi connectivity index (χ2v) is 9.51. The molecule has 5 nitrogen and oxygen atoms in total. The predicted octanol–water partition coefficient (Wildman–Crippen LogP) is 6.26. The number of pyridine rings is 1. The third-order valence-corrected chi connectivity index (χ3v) is 7.44. The van der Waals surface area contributed by atoms with Gasteiger partial charge < -0.3 is 10.4 Å². The molecule has 1 heterocycles. The summed E-state index contributed by atoms with van der Waals surface area (Å²) in [6.45, 7) is -0.266. The van der Waals surface area contributed by atoms with Gasteiger partial charge in [0.1, 0.15) is 0 Å². The van der Waals surface area contributed by atoms with Crippen molar-refractivity contribution in [3.63, 3.8) is 0 Å². The second kappa shape index (κ2) is 10.7. The number of hydrogen-bond acceptors (Lipinski definition) is 4. The number of nitrogens with zero attached hydrogens (tertiary/aromatic N) is 2. The topological polar surface area (TPSA) is 86.0 Å². The maximum Gasteiger partial charge on any atom is 0.234 e. The standard InChI is InChI=1S/C31H29N3O2/c32-19-21-9-15-24(16-10-21)34-31(36)29(20-35)27-6-2-1-5-25(27)22-11-13-23(14-12-22)26-17-18-33-30-8-4-3-7-28(26)30/h1-10,15-18,22-23,29,35H,11-14,20H2,(H,34,36). The third kappa shape index (κ3) is 4.86. The minimum atomic E-state index is -0.654. The van der Waals surface area contributed by atoms with E-state index >= 15 is 0 Å². The Morgan fingerprint density at radius 2 is 1.58 bits per heavy atom. The smallest absolute Gasteiger partial charge is 0.234 e. The number of anilines is 1. The lowest BCUT2D eigenvalue weighted by molar-refractivity contribution is -0.118. The molecular weight excluding hydrogens is 446 g/mol. The zero-order valence-electron chi connectivity index (χ0n) is 20.1. The van der Waals surface area contributed by atoms with Gasteiger partial charge in [0.25, 0.3) is 0 Å². The van der Waals surface area contributed by atoms with Crippen molar-refractivity contribution in [3.8, 4) is 6.07 Å². The van der Waals surface area contributed by atoms with E-state index in [1.165, 1.54) is 10.9 Å². The number of nitrogens with one attached hydrogen (secondary N) is 1. The van der Waals surface area contributed by atoms with E-state index in [-0.39, 0.29) is 12.5 Å². The molecule has 1 atom stereocenters. The molecule has 1 amide bonds. The van der Waals surface area contributed by atoms with Crippen LogP contribution in [0.1, 0.15) is 65.7 Å². The number of aliphatic hydroxyl groups is 1. The summed E-state index contributed by atoms with van der Waals surface area (Å²) in [7, 11) is 0. The lowest BCUT2D eigenvalue weighted by atomic mass is 9.73. The maximum atomic E-state index is 13.2. The van der Waals surface area contributed by atoms with E-state index in [1.54, 1.807) is 24.3 Å². The lowest BCUT2D eigenvalue weighted by Crippen LogP contribution is -2.26. The van der Waals surface area contributed by atoms with Crippen molar-refractivity contribution in [2.24, 2.45) is 0 Å². The molecule has 3 aromatic carbocycles. The Labute approximate surface area is 211 Å². The fourth-order valence-electron chi connectivity index (χ4n) is 5.57. The zero-order valence-corrected chi connectivity index (χ0v) is 20.1. The van der Waals surface area contributed by atoms with Crippen LogP contribution in [0, 0.1) is 11.3 Å². The van der Waals surface area contributed by atoms with Gasteiger partial charge in [-0.2, -0.15) is 5.26 Å². The molecule has 1 fully saturated rings. The zero-order chi connectivity index (χ0) is 24.9. The number of hydrogen-bond donors (Lipinski definition) is 2. The summed E-state index contributed by atoms with van der Waals surface area (Å²) < 4.78 is 0. The van der Waals surface area contributed by atoms with Gasteiger partial charge in [-0.05, 0) is 90.6 Å². The van der Waals surface area contributed by atoms with Gasteiger partial charge in [-0.3, -0.25) is 9.78 Å². The molecule has 36 heavy (non-hydrogen) atoms. The number of fused-ring (bicyclic) bond motifs is 1. The SMILES string of the molecule is N#Cc1ccc(NC(=O)C(CO)c2ccccc2C2CCC(c3ccnc4ccccc34)CC2)cc1. The molecule has 1 aliphatic rings. The minimum Gasteiger partial charge on any atom is -0.395 e. The molecule has 4 aromatic rings. The quantitative estimate of drug-likeness (QED) is 0.344. The molecule has 1 saturated carbocycles. The molecule has 1 unspecified atom stereocenters. The summed E-state index contributed by atoms with van der Waals surface area (Å²) in [5.74, 6) is -0.0535. The van der Waals surface area contributed by atoms with Crippen molar-refractivity contribution in [2.45, 2.75) is 43.4 Å². The number of benzene rings is 3. The van der Waals surface area contributed by atoms with Crippen LogP contribution in [0.2, 0.25) is 0 Å². The van der Waals surface area contributed by atoms with Crippen LogP contribution in [-0.2, 0) is 4.79 Å². The number of aromatic nitrogens is 1. The lowest BCUT2D eigenvalue weighted by Gasteiger charge is -2.31. The molecular formula is C31H29N3O2. The fraction of sp³-hybridized carbons (Fsp3) is 0.258. The molecule has 0 aliphatic heterocycles. The van der Waals surface area contributed by atoms with E-state index in [0.29, 0.717) is 23.1 Å². The Morgan fingerprint density at radius 1 is 0.917 bits per heavy atom. The molecule has 2 N–H and O–H groups in total. The van der Waals surface area contributed by atoms with Gasteiger partial charge >= 0.3 is 0 Å². The van der Waals surface area contributed by atoms with E-state index in [9.17, 15) is 9.90 Å². The van der Waals surface area contributed by atoms with E-state index in [2.05, 4.69) is 46.7 Å². The monoisotopic (exact) mass is 475 g/mol. The molecule has 0 radical (unpaired) electrons. The predicted molar refractivity (Wildman–Crippen MR) is 142 cm³/mol. The summed E-state index contributed by atoms with van der Waals surface area (Å²) in [6, 6.07) is 27.4. The van der Waals surface area contributed by atoms with Crippen molar-refractivity contribution >= 4 is 22.5 Å². The normalized spacial score (nSPS) is 18.3. The van der Waals surface area contributed by atoms with E-state index in [1.807, 2.05) is 30.5 Å². The molecule has 1 aromatic heterocycles. The number of carbonyl (C=O) groups excluding carboxylic acids is 1. The van der Waals surface area contributed by atoms with Crippen LogP contribution in [0.3, 0.4) is 0 Å². The van der Waals surface area contributed by atoms with Crippen LogP contribution in [0.25, 0.3) is 10.9 Å². The Balaban J connectivity index is 1.33. The Kier molecular flexibility index (Phi) is 7.06. The Bertz CT molecular complexity index is 1390. The average Bonchev–Trinajstić information content (AvgIpc) is 2.94. The first-order valence-electron chi connectivity index (χ1n) is 12.5. The van der Waals surface area contributed by atoms with Crippen LogP contribution in [-0.4, -0.2) is 22.6 Å². The van der Waals surface area contributed by atoms with Crippen LogP contribution in [0.5, 0.6) is 0 Å². The molecule has 180 valence electrons. The van der Waals surface area contributed by atoms with E-state index in [4.69, 9.17) is 5.26 Å². The van der Waals surface area contributed by atoms with Gasteiger partial charge in [-0.25, -0.2) is 0 Å². The number of para-hydroxylation sites is 1. The summed E-state index contributed by atoms with van der Waals surface area (Å²) in [4.78, 5) is 17.7. The van der Waals surface area contributed by atoms with E-state index < -0.39 is 5.92 Å². The first kappa shape index (κ1) is 23.7. The van der Waals surface area contributed by atoms with Crippen molar-refractivity contribution in [1.82, 2.24) is 4.98 Å². The number of nitriles is 1. The van der Waals surface area contributed by atoms with Crippen molar-refractivity contribution < 1.29 is 9.90 Å². The summed E-state index contributed by atoms with van der Waals surface area (Å²) >= 11 is 0. The number of rotatable bonds is 6. The summed E-state index contributed by atoms with van der Waals surface area (Å²) in [6.07, 6.45) is 6.14. The highest BCUT2D eigenvalue weighted by Crippen LogP contribution is 2.43. The highest BCUT2D eigenvalue weighted by molar-refractivity contribution is 5.96. The van der Waals surface area contributed by atoms with Crippen LogP contribution >= 0.6 is 0 Å².